The molecule has 0 aliphatic rings. The smallest absolute Gasteiger partial charge is 0.277 e. The van der Waals surface area contributed by atoms with Gasteiger partial charge in [-0.3, -0.25) is 4.79 Å². The van der Waals surface area contributed by atoms with Crippen LogP contribution in [-0.2, 0) is 4.79 Å². The van der Waals surface area contributed by atoms with E-state index in [0.717, 1.165) is 10.0 Å². The number of benzene rings is 2. The molecule has 1 aromatic heterocycles. The molecule has 0 bridgehead atoms. The van der Waals surface area contributed by atoms with Crippen molar-refractivity contribution in [3.8, 4) is 23.0 Å². The summed E-state index contributed by atoms with van der Waals surface area (Å²) in [6.45, 7) is 4.81. The number of carbonyl (C=O) groups excluding carboxylic acids is 1. The highest BCUT2D eigenvalue weighted by molar-refractivity contribution is 9.10. The molecule has 1 amide bonds. The molecule has 0 saturated carbocycles. The zero-order valence-corrected chi connectivity index (χ0v) is 18.4. The van der Waals surface area contributed by atoms with E-state index >= 15 is 0 Å². The van der Waals surface area contributed by atoms with Gasteiger partial charge in [0.1, 0.15) is 11.5 Å². The molecule has 152 valence electrons. The first kappa shape index (κ1) is 21.2. The summed E-state index contributed by atoms with van der Waals surface area (Å²) in [5.74, 6) is 1.55. The van der Waals surface area contributed by atoms with Crippen molar-refractivity contribution in [3.63, 3.8) is 0 Å². The first-order chi connectivity index (χ1) is 14.1. The monoisotopic (exact) mass is 477 g/mol. The molecule has 29 heavy (non-hydrogen) atoms. The van der Waals surface area contributed by atoms with Crippen LogP contribution in [0.5, 0.6) is 11.5 Å². The van der Waals surface area contributed by atoms with Crippen LogP contribution >= 0.6 is 27.7 Å². The van der Waals surface area contributed by atoms with Crippen LogP contribution in [0.1, 0.15) is 13.8 Å². The van der Waals surface area contributed by atoms with Crippen molar-refractivity contribution in [2.45, 2.75) is 19.1 Å². The van der Waals surface area contributed by atoms with Crippen LogP contribution in [0.15, 0.2) is 56.6 Å². The number of rotatable bonds is 9. The molecule has 9 heteroatoms. The largest absolute Gasteiger partial charge is 0.494 e. The summed E-state index contributed by atoms with van der Waals surface area (Å²) in [5, 5.41) is 11.2. The van der Waals surface area contributed by atoms with E-state index in [1.807, 2.05) is 38.1 Å². The lowest BCUT2D eigenvalue weighted by Crippen LogP contribution is -2.15. The number of amides is 1. The fourth-order valence-corrected chi connectivity index (χ4v) is 3.43. The molecule has 0 unspecified atom stereocenters. The van der Waals surface area contributed by atoms with Gasteiger partial charge in [0.2, 0.25) is 11.8 Å². The molecule has 0 fully saturated rings. The summed E-state index contributed by atoms with van der Waals surface area (Å²) in [5.41, 5.74) is 1.36. The van der Waals surface area contributed by atoms with Gasteiger partial charge in [-0.2, -0.15) is 0 Å². The molecule has 1 N–H and O–H groups in total. The Kier molecular flexibility index (Phi) is 7.54. The number of hydrogen-bond donors (Lipinski definition) is 1. The van der Waals surface area contributed by atoms with E-state index in [1.54, 1.807) is 18.2 Å². The Bertz CT molecular complexity index is 980. The third-order valence-electron chi connectivity index (χ3n) is 3.64. The first-order valence-electron chi connectivity index (χ1n) is 9.00. The predicted octanol–water partition coefficient (Wildman–Crippen LogP) is 5.03. The van der Waals surface area contributed by atoms with Gasteiger partial charge in [0.05, 0.1) is 24.7 Å². The van der Waals surface area contributed by atoms with Gasteiger partial charge in [0.25, 0.3) is 5.22 Å². The van der Waals surface area contributed by atoms with Crippen LogP contribution in [0.2, 0.25) is 0 Å². The summed E-state index contributed by atoms with van der Waals surface area (Å²) in [6.07, 6.45) is 0. The van der Waals surface area contributed by atoms with Crippen molar-refractivity contribution in [1.29, 1.82) is 0 Å². The van der Waals surface area contributed by atoms with Crippen LogP contribution in [0.25, 0.3) is 11.5 Å². The van der Waals surface area contributed by atoms with E-state index in [1.165, 1.54) is 11.8 Å². The highest BCUT2D eigenvalue weighted by atomic mass is 79.9. The highest BCUT2D eigenvalue weighted by Gasteiger charge is 2.14. The Labute approximate surface area is 181 Å². The van der Waals surface area contributed by atoms with Crippen molar-refractivity contribution in [2.75, 3.05) is 24.3 Å². The van der Waals surface area contributed by atoms with Gasteiger partial charge >= 0.3 is 0 Å². The molecule has 7 nitrogen and oxygen atoms in total. The predicted molar refractivity (Wildman–Crippen MR) is 116 cm³/mol. The van der Waals surface area contributed by atoms with Gasteiger partial charge in [-0.15, -0.1) is 10.2 Å². The molecule has 0 saturated heterocycles. The van der Waals surface area contributed by atoms with E-state index < -0.39 is 0 Å². The molecule has 0 aliphatic heterocycles. The van der Waals surface area contributed by atoms with Crippen molar-refractivity contribution >= 4 is 39.3 Å². The van der Waals surface area contributed by atoms with Crippen molar-refractivity contribution in [1.82, 2.24) is 10.2 Å². The maximum Gasteiger partial charge on any atom is 0.277 e. The summed E-state index contributed by atoms with van der Waals surface area (Å²) in [4.78, 5) is 12.4. The molecular weight excluding hydrogens is 458 g/mol. The normalized spacial score (nSPS) is 10.6. The summed E-state index contributed by atoms with van der Waals surface area (Å²) >= 11 is 4.58. The number of nitrogens with zero attached hydrogens (tertiary/aromatic N) is 2. The summed E-state index contributed by atoms with van der Waals surface area (Å²) < 4.78 is 17.6. The number of halogens is 1. The van der Waals surface area contributed by atoms with Gasteiger partial charge in [0, 0.05) is 16.1 Å². The van der Waals surface area contributed by atoms with Gasteiger partial charge < -0.3 is 19.2 Å². The Balaban J connectivity index is 1.62. The minimum Gasteiger partial charge on any atom is -0.494 e. The Morgan fingerprint density at radius 3 is 2.72 bits per heavy atom. The molecule has 0 atom stereocenters. The lowest BCUT2D eigenvalue weighted by Gasteiger charge is -2.13. The number of hydrogen-bond acceptors (Lipinski definition) is 7. The fourth-order valence-electron chi connectivity index (χ4n) is 2.46. The highest BCUT2D eigenvalue weighted by Crippen LogP contribution is 2.30. The molecule has 3 aromatic rings. The number of carbonyl (C=O) groups is 1. The van der Waals surface area contributed by atoms with Gasteiger partial charge in [-0.1, -0.05) is 33.8 Å². The number of thioether (sulfide) groups is 1. The zero-order chi connectivity index (χ0) is 20.6. The van der Waals surface area contributed by atoms with E-state index in [4.69, 9.17) is 13.9 Å². The number of aromatic nitrogens is 2. The standard InChI is InChI=1S/C20H20BrN3O4S/c1-3-26-15-8-9-17(27-4-2)16(11-15)22-18(25)12-29-20-24-23-19(28-20)13-6-5-7-14(21)10-13/h5-11H,3-4,12H2,1-2H3,(H,22,25). The quantitative estimate of drug-likeness (QED) is 0.432. The first-order valence-corrected chi connectivity index (χ1v) is 10.8. The van der Waals surface area contributed by atoms with Crippen LogP contribution in [0, 0.1) is 0 Å². The third kappa shape index (κ3) is 5.98. The summed E-state index contributed by atoms with van der Waals surface area (Å²) in [7, 11) is 0. The van der Waals surface area contributed by atoms with Crippen molar-refractivity contribution < 1.29 is 18.7 Å². The van der Waals surface area contributed by atoms with E-state index in [2.05, 4.69) is 31.4 Å². The van der Waals surface area contributed by atoms with E-state index in [0.29, 0.717) is 41.5 Å². The molecule has 0 aliphatic carbocycles. The second kappa shape index (κ2) is 10.3. The molecule has 2 aromatic carbocycles. The van der Waals surface area contributed by atoms with Crippen LogP contribution in [0.3, 0.4) is 0 Å². The fraction of sp³-hybridized carbons (Fsp3) is 0.250. The van der Waals surface area contributed by atoms with E-state index in [-0.39, 0.29) is 11.7 Å². The second-order valence-corrected chi connectivity index (χ2v) is 7.59. The molecule has 0 radical (unpaired) electrons. The number of anilines is 1. The molecular formula is C20H20BrN3O4S. The van der Waals surface area contributed by atoms with Crippen LogP contribution in [0.4, 0.5) is 5.69 Å². The lowest BCUT2D eigenvalue weighted by molar-refractivity contribution is -0.113. The average Bonchev–Trinajstić information content (AvgIpc) is 3.18. The average molecular weight is 478 g/mol. The van der Waals surface area contributed by atoms with E-state index in [9.17, 15) is 4.79 Å². The Morgan fingerprint density at radius 1 is 1.14 bits per heavy atom. The topological polar surface area (TPSA) is 86.5 Å². The van der Waals surface area contributed by atoms with Gasteiger partial charge in [0.15, 0.2) is 0 Å². The SMILES string of the molecule is CCOc1ccc(OCC)c(NC(=O)CSc2nnc(-c3cccc(Br)c3)o2)c1. The second-order valence-electron chi connectivity index (χ2n) is 5.74. The van der Waals surface area contributed by atoms with Crippen LogP contribution in [-0.4, -0.2) is 35.1 Å². The maximum atomic E-state index is 12.4. The van der Waals surface area contributed by atoms with Gasteiger partial charge in [-0.25, -0.2) is 0 Å². The van der Waals surface area contributed by atoms with Crippen LogP contribution < -0.4 is 14.8 Å². The van der Waals surface area contributed by atoms with Crippen molar-refractivity contribution in [2.24, 2.45) is 0 Å². The third-order valence-corrected chi connectivity index (χ3v) is 4.95. The molecule has 0 spiro atoms. The number of ether oxygens (including phenoxy) is 2. The van der Waals surface area contributed by atoms with Gasteiger partial charge in [-0.05, 0) is 44.2 Å². The minimum atomic E-state index is -0.216. The Morgan fingerprint density at radius 2 is 1.97 bits per heavy atom. The maximum absolute atomic E-state index is 12.4. The number of nitrogens with one attached hydrogen (secondary N) is 1. The minimum absolute atomic E-state index is 0.116. The lowest BCUT2D eigenvalue weighted by atomic mass is 10.2. The molecule has 3 rings (SSSR count). The van der Waals surface area contributed by atoms with Crippen molar-refractivity contribution in [3.05, 3.63) is 46.9 Å². The zero-order valence-electron chi connectivity index (χ0n) is 16.0. The molecule has 1 heterocycles. The Hall–Kier alpha value is -2.52. The summed E-state index contributed by atoms with van der Waals surface area (Å²) in [6, 6.07) is 12.9.